The molecular weight excluding hydrogens is 188 g/mol. The maximum Gasteiger partial charge on any atom is 0.134 e. The molecule has 0 aromatic carbocycles. The zero-order chi connectivity index (χ0) is 10.0. The van der Waals surface area contributed by atoms with Gasteiger partial charge in [-0.1, -0.05) is 11.6 Å². The second-order valence-electron chi connectivity index (χ2n) is 3.20. The van der Waals surface area contributed by atoms with Crippen LogP contribution in [0.15, 0.2) is 12.3 Å². The number of aryl methyl sites for hydroxylation is 1. The van der Waals surface area contributed by atoms with Crippen LogP contribution in [-0.4, -0.2) is 16.1 Å². The largest absolute Gasteiger partial charge is 0.387 e. The molecule has 1 aromatic rings. The fourth-order valence-electron chi connectivity index (χ4n) is 1.07. The van der Waals surface area contributed by atoms with Crippen molar-refractivity contribution in [2.24, 2.45) is 5.73 Å². The number of rotatable bonds is 2. The highest BCUT2D eigenvalue weighted by atomic mass is 35.5. The minimum Gasteiger partial charge on any atom is -0.387 e. The van der Waals surface area contributed by atoms with Crippen LogP contribution in [-0.2, 0) is 0 Å². The van der Waals surface area contributed by atoms with Crippen LogP contribution in [0.25, 0.3) is 0 Å². The quantitative estimate of drug-likeness (QED) is 0.710. The number of aromatic nitrogens is 1. The Balaban J connectivity index is 3.05. The van der Waals surface area contributed by atoms with E-state index >= 15 is 0 Å². The first-order valence-corrected chi connectivity index (χ1v) is 4.46. The van der Waals surface area contributed by atoms with Crippen molar-refractivity contribution >= 4 is 11.6 Å². The van der Waals surface area contributed by atoms with Gasteiger partial charge in [0.2, 0.25) is 0 Å². The lowest BCUT2D eigenvalue weighted by Crippen LogP contribution is -2.24. The first-order chi connectivity index (χ1) is 6.02. The Morgan fingerprint density at radius 1 is 1.62 bits per heavy atom. The number of halogens is 1. The maximum absolute atomic E-state index is 9.65. The zero-order valence-corrected chi connectivity index (χ0v) is 8.42. The van der Waals surface area contributed by atoms with E-state index in [9.17, 15) is 5.11 Å². The van der Waals surface area contributed by atoms with E-state index in [4.69, 9.17) is 17.3 Å². The van der Waals surface area contributed by atoms with Gasteiger partial charge < -0.3 is 10.8 Å². The normalized spacial score (nSPS) is 15.5. The minimum absolute atomic E-state index is 0.315. The lowest BCUT2D eigenvalue weighted by atomic mass is 10.1. The number of aliphatic hydroxyl groups excluding tert-OH is 1. The molecule has 0 amide bonds. The highest BCUT2D eigenvalue weighted by Gasteiger charge is 2.16. The SMILES string of the molecule is Cc1cnc(Cl)c([C@H](O)[C@@H](C)N)c1. The fourth-order valence-corrected chi connectivity index (χ4v) is 1.28. The van der Waals surface area contributed by atoms with Crippen molar-refractivity contribution in [3.63, 3.8) is 0 Å². The topological polar surface area (TPSA) is 59.1 Å². The average molecular weight is 201 g/mol. The molecule has 1 heterocycles. The van der Waals surface area contributed by atoms with Gasteiger partial charge in [-0.05, 0) is 25.5 Å². The fraction of sp³-hybridized carbons (Fsp3) is 0.444. The van der Waals surface area contributed by atoms with Crippen molar-refractivity contribution in [2.45, 2.75) is 26.0 Å². The number of aliphatic hydroxyl groups is 1. The molecule has 3 nitrogen and oxygen atoms in total. The Morgan fingerprint density at radius 2 is 2.23 bits per heavy atom. The summed E-state index contributed by atoms with van der Waals surface area (Å²) in [6, 6.07) is 1.45. The van der Waals surface area contributed by atoms with E-state index in [-0.39, 0.29) is 6.04 Å². The molecule has 0 saturated carbocycles. The van der Waals surface area contributed by atoms with Crippen LogP contribution in [0.3, 0.4) is 0 Å². The van der Waals surface area contributed by atoms with Crippen LogP contribution in [0.2, 0.25) is 5.15 Å². The van der Waals surface area contributed by atoms with Crippen LogP contribution in [0.4, 0.5) is 0 Å². The monoisotopic (exact) mass is 200 g/mol. The van der Waals surface area contributed by atoms with Gasteiger partial charge in [0.15, 0.2) is 0 Å². The van der Waals surface area contributed by atoms with Crippen molar-refractivity contribution in [1.29, 1.82) is 0 Å². The molecule has 0 aliphatic heterocycles. The molecule has 1 rings (SSSR count). The van der Waals surface area contributed by atoms with E-state index in [1.807, 2.05) is 6.92 Å². The van der Waals surface area contributed by atoms with Gasteiger partial charge in [-0.25, -0.2) is 4.98 Å². The Kier molecular flexibility index (Phi) is 3.25. The van der Waals surface area contributed by atoms with Crippen molar-refractivity contribution in [3.05, 3.63) is 28.5 Å². The summed E-state index contributed by atoms with van der Waals surface area (Å²) in [7, 11) is 0. The van der Waals surface area contributed by atoms with Crippen molar-refractivity contribution < 1.29 is 5.11 Å². The highest BCUT2D eigenvalue weighted by molar-refractivity contribution is 6.30. The molecule has 3 N–H and O–H groups in total. The van der Waals surface area contributed by atoms with E-state index in [1.54, 1.807) is 19.2 Å². The molecular formula is C9H13ClN2O. The third kappa shape index (κ3) is 2.40. The standard InChI is InChI=1S/C9H13ClN2O/c1-5-3-7(8(13)6(2)11)9(10)12-4-5/h3-4,6,8,13H,11H2,1-2H3/t6-,8-/m1/s1. The van der Waals surface area contributed by atoms with Gasteiger partial charge in [-0.3, -0.25) is 0 Å². The molecule has 0 aliphatic carbocycles. The number of nitrogens with zero attached hydrogens (tertiary/aromatic N) is 1. The van der Waals surface area contributed by atoms with E-state index in [0.29, 0.717) is 10.7 Å². The molecule has 0 spiro atoms. The maximum atomic E-state index is 9.65. The molecule has 0 fully saturated rings. The Hall–Kier alpha value is -0.640. The third-order valence-electron chi connectivity index (χ3n) is 1.82. The highest BCUT2D eigenvalue weighted by Crippen LogP contribution is 2.23. The van der Waals surface area contributed by atoms with Crippen molar-refractivity contribution in [3.8, 4) is 0 Å². The molecule has 4 heteroatoms. The summed E-state index contributed by atoms with van der Waals surface area (Å²) >= 11 is 5.81. The van der Waals surface area contributed by atoms with E-state index in [0.717, 1.165) is 5.56 Å². The van der Waals surface area contributed by atoms with Gasteiger partial charge in [0.1, 0.15) is 5.15 Å². The number of hydrogen-bond donors (Lipinski definition) is 2. The predicted octanol–water partition coefficient (Wildman–Crippen LogP) is 1.42. The molecule has 13 heavy (non-hydrogen) atoms. The molecule has 0 saturated heterocycles. The van der Waals surface area contributed by atoms with Crippen molar-refractivity contribution in [1.82, 2.24) is 4.98 Å². The Bertz CT molecular complexity index is 302. The molecule has 1 aromatic heterocycles. The molecule has 0 bridgehead atoms. The Labute approximate surface area is 82.5 Å². The summed E-state index contributed by atoms with van der Waals surface area (Å²) in [5.41, 5.74) is 7.10. The second kappa shape index (κ2) is 4.05. The Morgan fingerprint density at radius 3 is 2.77 bits per heavy atom. The van der Waals surface area contributed by atoms with Gasteiger partial charge in [-0.2, -0.15) is 0 Å². The number of pyridine rings is 1. The lowest BCUT2D eigenvalue weighted by molar-refractivity contribution is 0.153. The smallest absolute Gasteiger partial charge is 0.134 e. The molecule has 0 aliphatic rings. The summed E-state index contributed by atoms with van der Waals surface area (Å²) < 4.78 is 0. The lowest BCUT2D eigenvalue weighted by Gasteiger charge is -2.15. The second-order valence-corrected chi connectivity index (χ2v) is 3.55. The third-order valence-corrected chi connectivity index (χ3v) is 2.14. The van der Waals surface area contributed by atoms with E-state index in [2.05, 4.69) is 4.98 Å². The molecule has 0 radical (unpaired) electrons. The van der Waals surface area contributed by atoms with Crippen LogP contribution >= 0.6 is 11.6 Å². The van der Waals surface area contributed by atoms with Crippen LogP contribution in [0.5, 0.6) is 0 Å². The summed E-state index contributed by atoms with van der Waals surface area (Å²) in [6.45, 7) is 3.62. The van der Waals surface area contributed by atoms with Gasteiger partial charge in [0.25, 0.3) is 0 Å². The van der Waals surface area contributed by atoms with Crippen molar-refractivity contribution in [2.75, 3.05) is 0 Å². The summed E-state index contributed by atoms with van der Waals surface area (Å²) in [6.07, 6.45) is 0.902. The number of nitrogens with two attached hydrogens (primary N) is 1. The molecule has 2 atom stereocenters. The summed E-state index contributed by atoms with van der Waals surface area (Å²) in [4.78, 5) is 3.93. The molecule has 0 unspecified atom stereocenters. The molecule has 72 valence electrons. The van der Waals surface area contributed by atoms with Gasteiger partial charge in [0, 0.05) is 17.8 Å². The van der Waals surface area contributed by atoms with E-state index < -0.39 is 6.10 Å². The summed E-state index contributed by atoms with van der Waals surface area (Å²) in [5.74, 6) is 0. The number of hydrogen-bond acceptors (Lipinski definition) is 3. The minimum atomic E-state index is -0.750. The van der Waals surface area contributed by atoms with Crippen LogP contribution < -0.4 is 5.73 Å². The van der Waals surface area contributed by atoms with Gasteiger partial charge >= 0.3 is 0 Å². The van der Waals surface area contributed by atoms with Gasteiger partial charge in [0.05, 0.1) is 6.10 Å². The predicted molar refractivity (Wildman–Crippen MR) is 52.6 cm³/mol. The summed E-state index contributed by atoms with van der Waals surface area (Å²) in [5, 5.41) is 9.97. The average Bonchev–Trinajstić information content (AvgIpc) is 2.08. The van der Waals surface area contributed by atoms with Gasteiger partial charge in [-0.15, -0.1) is 0 Å². The first kappa shape index (κ1) is 10.4. The zero-order valence-electron chi connectivity index (χ0n) is 7.66. The van der Waals surface area contributed by atoms with Crippen LogP contribution in [0.1, 0.15) is 24.2 Å². The van der Waals surface area contributed by atoms with E-state index in [1.165, 1.54) is 0 Å². The first-order valence-electron chi connectivity index (χ1n) is 4.08. The van der Waals surface area contributed by atoms with Crippen LogP contribution in [0, 0.1) is 6.92 Å².